The summed E-state index contributed by atoms with van der Waals surface area (Å²) in [5, 5.41) is 8.84. The third-order valence-electron chi connectivity index (χ3n) is 4.42. The van der Waals surface area contributed by atoms with Crippen molar-refractivity contribution in [3.63, 3.8) is 0 Å². The molecule has 3 saturated carbocycles. The van der Waals surface area contributed by atoms with Gasteiger partial charge in [0.25, 0.3) is 5.92 Å². The van der Waals surface area contributed by atoms with E-state index in [1.165, 1.54) is 0 Å². The molecule has 3 fully saturated rings. The Bertz CT molecular complexity index is 576. The van der Waals surface area contributed by atoms with Crippen LogP contribution in [0.4, 0.5) is 8.78 Å². The van der Waals surface area contributed by atoms with E-state index in [4.69, 9.17) is 9.84 Å². The first-order valence-electron chi connectivity index (χ1n) is 6.18. The lowest BCUT2D eigenvalue weighted by atomic mass is 9.32. The number of hydrogen-bond donors (Lipinski definition) is 1. The van der Waals surface area contributed by atoms with Crippen LogP contribution in [0.2, 0.25) is 0 Å². The molecule has 0 radical (unpaired) electrons. The Morgan fingerprint density at radius 3 is 2.25 bits per heavy atom. The third kappa shape index (κ3) is 1.29. The van der Waals surface area contributed by atoms with Crippen molar-refractivity contribution in [2.45, 2.75) is 25.4 Å². The predicted molar refractivity (Wildman–Crippen MR) is 62.9 cm³/mol. The molecule has 0 spiro atoms. The van der Waals surface area contributed by atoms with Gasteiger partial charge in [-0.15, -0.1) is 0 Å². The van der Waals surface area contributed by atoms with Gasteiger partial charge < -0.3 is 9.84 Å². The van der Waals surface area contributed by atoms with E-state index in [0.717, 1.165) is 0 Å². The van der Waals surface area contributed by atoms with Crippen LogP contribution in [-0.2, 0) is 20.9 Å². The van der Waals surface area contributed by atoms with Crippen LogP contribution in [-0.4, -0.2) is 23.0 Å². The summed E-state index contributed by atoms with van der Waals surface area (Å²) < 4.78 is 32.6. The van der Waals surface area contributed by atoms with Gasteiger partial charge in [0.15, 0.2) is 0 Å². The SMILES string of the molecule is O=C(O)C12CC(C(=O)OCc3ccccc3)(C1)C2(F)F. The molecule has 4 nitrogen and oxygen atoms in total. The maximum atomic E-state index is 13.8. The van der Waals surface area contributed by atoms with Crippen molar-refractivity contribution in [3.05, 3.63) is 35.9 Å². The Morgan fingerprint density at radius 1 is 1.15 bits per heavy atom. The maximum absolute atomic E-state index is 13.8. The van der Waals surface area contributed by atoms with Gasteiger partial charge in [-0.1, -0.05) is 30.3 Å². The molecule has 0 saturated heterocycles. The standard InChI is InChI=1S/C14H12F2O4/c15-14(16)12(10(17)18)7-13(14,8-12)11(19)20-6-9-4-2-1-3-5-9/h1-5H,6-8H2,(H,17,18). The van der Waals surface area contributed by atoms with Crippen LogP contribution in [0.1, 0.15) is 18.4 Å². The largest absolute Gasteiger partial charge is 0.481 e. The zero-order valence-corrected chi connectivity index (χ0v) is 10.4. The summed E-state index contributed by atoms with van der Waals surface area (Å²) in [6.45, 7) is -0.0857. The fourth-order valence-corrected chi connectivity index (χ4v) is 3.09. The number of ether oxygens (including phenoxy) is 1. The van der Waals surface area contributed by atoms with Gasteiger partial charge in [0.05, 0.1) is 0 Å². The summed E-state index contributed by atoms with van der Waals surface area (Å²) >= 11 is 0. The number of rotatable bonds is 4. The lowest BCUT2D eigenvalue weighted by molar-refractivity contribution is -0.384. The summed E-state index contributed by atoms with van der Waals surface area (Å²) in [4.78, 5) is 22.7. The first kappa shape index (κ1) is 13.0. The second-order valence-electron chi connectivity index (χ2n) is 5.46. The van der Waals surface area contributed by atoms with Gasteiger partial charge in [0.1, 0.15) is 17.4 Å². The van der Waals surface area contributed by atoms with E-state index in [2.05, 4.69) is 0 Å². The van der Waals surface area contributed by atoms with Crippen LogP contribution in [0, 0.1) is 10.8 Å². The van der Waals surface area contributed by atoms with Gasteiger partial charge in [-0.2, -0.15) is 0 Å². The third-order valence-corrected chi connectivity index (χ3v) is 4.42. The van der Waals surface area contributed by atoms with Gasteiger partial charge in [-0.25, -0.2) is 8.78 Å². The molecule has 20 heavy (non-hydrogen) atoms. The fraction of sp³-hybridized carbons (Fsp3) is 0.429. The van der Waals surface area contributed by atoms with Crippen molar-refractivity contribution >= 4 is 11.9 Å². The molecule has 0 atom stereocenters. The highest BCUT2D eigenvalue weighted by molar-refractivity contribution is 5.93. The molecule has 2 bridgehead atoms. The molecule has 1 aromatic carbocycles. The van der Waals surface area contributed by atoms with E-state index in [1.54, 1.807) is 30.3 Å². The minimum atomic E-state index is -3.51. The number of carbonyl (C=O) groups excluding carboxylic acids is 1. The summed E-state index contributed by atoms with van der Waals surface area (Å²) in [5.41, 5.74) is -3.29. The highest BCUT2D eigenvalue weighted by Gasteiger charge is 2.95. The van der Waals surface area contributed by atoms with Crippen LogP contribution < -0.4 is 0 Å². The molecule has 6 heteroatoms. The van der Waals surface area contributed by atoms with Gasteiger partial charge >= 0.3 is 11.9 Å². The number of benzene rings is 1. The monoisotopic (exact) mass is 282 g/mol. The van der Waals surface area contributed by atoms with Crippen LogP contribution in [0.3, 0.4) is 0 Å². The minimum absolute atomic E-state index is 0.0857. The highest BCUT2D eigenvalue weighted by Crippen LogP contribution is 2.82. The molecule has 1 aromatic rings. The van der Waals surface area contributed by atoms with Gasteiger partial charge in [0.2, 0.25) is 0 Å². The molecular formula is C14H12F2O4. The first-order chi connectivity index (χ1) is 9.36. The Morgan fingerprint density at radius 2 is 1.75 bits per heavy atom. The van der Waals surface area contributed by atoms with E-state index in [0.29, 0.717) is 5.56 Å². The van der Waals surface area contributed by atoms with Crippen molar-refractivity contribution < 1.29 is 28.2 Å². The Hall–Kier alpha value is -1.98. The normalized spacial score (nSPS) is 32.7. The predicted octanol–water partition coefficient (Wildman–Crippen LogP) is 2.23. The van der Waals surface area contributed by atoms with Gasteiger partial charge in [0, 0.05) is 0 Å². The topological polar surface area (TPSA) is 63.6 Å². The molecule has 0 unspecified atom stereocenters. The van der Waals surface area contributed by atoms with E-state index in [-0.39, 0.29) is 19.4 Å². The van der Waals surface area contributed by atoms with Crippen molar-refractivity contribution in [1.29, 1.82) is 0 Å². The highest BCUT2D eigenvalue weighted by atomic mass is 19.3. The van der Waals surface area contributed by atoms with Crippen LogP contribution in [0.25, 0.3) is 0 Å². The van der Waals surface area contributed by atoms with Gasteiger partial charge in [-0.3, -0.25) is 9.59 Å². The van der Waals surface area contributed by atoms with Gasteiger partial charge in [-0.05, 0) is 18.4 Å². The molecule has 0 aliphatic heterocycles. The summed E-state index contributed by atoms with van der Waals surface area (Å²) in [6.07, 6.45) is -0.675. The van der Waals surface area contributed by atoms with E-state index >= 15 is 0 Å². The molecule has 0 heterocycles. The lowest BCUT2D eigenvalue weighted by Crippen LogP contribution is -2.84. The Labute approximate surface area is 113 Å². The first-order valence-corrected chi connectivity index (χ1v) is 6.18. The quantitative estimate of drug-likeness (QED) is 0.860. The molecule has 0 amide bonds. The van der Waals surface area contributed by atoms with Crippen molar-refractivity contribution in [3.8, 4) is 0 Å². The van der Waals surface area contributed by atoms with Crippen molar-refractivity contribution in [2.75, 3.05) is 0 Å². The van der Waals surface area contributed by atoms with Crippen LogP contribution >= 0.6 is 0 Å². The van der Waals surface area contributed by atoms with E-state index in [1.807, 2.05) is 0 Å². The van der Waals surface area contributed by atoms with Crippen molar-refractivity contribution in [2.24, 2.45) is 10.8 Å². The molecule has 3 aliphatic carbocycles. The number of carboxylic acid groups (broad SMARTS) is 1. The molecule has 3 aliphatic rings. The molecule has 106 valence electrons. The number of carboxylic acids is 1. The number of aliphatic carboxylic acids is 1. The molecule has 4 rings (SSSR count). The van der Waals surface area contributed by atoms with E-state index in [9.17, 15) is 18.4 Å². The number of alkyl halides is 2. The minimum Gasteiger partial charge on any atom is -0.481 e. The summed E-state index contributed by atoms with van der Waals surface area (Å²) in [6, 6.07) is 8.71. The average Bonchev–Trinajstić information content (AvgIpc) is 2.35. The Kier molecular flexibility index (Phi) is 2.46. The lowest BCUT2D eigenvalue weighted by Gasteiger charge is -2.70. The number of esters is 1. The van der Waals surface area contributed by atoms with Crippen LogP contribution in [0.15, 0.2) is 30.3 Å². The maximum Gasteiger partial charge on any atom is 0.318 e. The van der Waals surface area contributed by atoms with E-state index < -0.39 is 28.7 Å². The smallest absolute Gasteiger partial charge is 0.318 e. The summed E-state index contributed by atoms with van der Waals surface area (Å²) in [5.74, 6) is -6.06. The fourth-order valence-electron chi connectivity index (χ4n) is 3.09. The molecule has 1 N–H and O–H groups in total. The number of carbonyl (C=O) groups is 2. The summed E-state index contributed by atoms with van der Waals surface area (Å²) in [7, 11) is 0. The number of hydrogen-bond acceptors (Lipinski definition) is 3. The van der Waals surface area contributed by atoms with Crippen molar-refractivity contribution in [1.82, 2.24) is 0 Å². The number of halogens is 2. The average molecular weight is 282 g/mol. The second kappa shape index (κ2) is 3.77. The molecular weight excluding hydrogens is 270 g/mol. The molecule has 0 aromatic heterocycles. The second-order valence-corrected chi connectivity index (χ2v) is 5.46. The zero-order chi connectivity index (χ0) is 14.6. The zero-order valence-electron chi connectivity index (χ0n) is 10.4. The Balaban J connectivity index is 1.67. The van der Waals surface area contributed by atoms with Crippen LogP contribution in [0.5, 0.6) is 0 Å².